The van der Waals surface area contributed by atoms with Gasteiger partial charge < -0.3 is 16.2 Å². The second-order valence-corrected chi connectivity index (χ2v) is 5.59. The van der Waals surface area contributed by atoms with Crippen LogP contribution in [-0.4, -0.2) is 63.6 Å². The van der Waals surface area contributed by atoms with Crippen LogP contribution < -0.4 is 11.1 Å². The summed E-state index contributed by atoms with van der Waals surface area (Å²) >= 11 is 0. The molecule has 8 nitrogen and oxygen atoms in total. The zero-order valence-electron chi connectivity index (χ0n) is 12.6. The van der Waals surface area contributed by atoms with Crippen molar-refractivity contribution >= 4 is 11.8 Å². The largest absolute Gasteiger partial charge is 0.385 e. The Kier molecular flexibility index (Phi) is 5.04. The fraction of sp³-hybridized carbons (Fsp3) is 0.571. The van der Waals surface area contributed by atoms with Gasteiger partial charge in [0.1, 0.15) is 5.60 Å². The van der Waals surface area contributed by atoms with Crippen molar-refractivity contribution in [2.24, 2.45) is 5.73 Å². The number of carbonyl (C=O) groups excluding carboxylic acids is 2. The third kappa shape index (κ3) is 3.77. The van der Waals surface area contributed by atoms with E-state index < -0.39 is 17.4 Å². The Labute approximate surface area is 128 Å². The van der Waals surface area contributed by atoms with Gasteiger partial charge in [0.15, 0.2) is 11.4 Å². The third-order valence-electron chi connectivity index (χ3n) is 3.59. The van der Waals surface area contributed by atoms with Gasteiger partial charge in [-0.2, -0.15) is 0 Å². The quantitative estimate of drug-likeness (QED) is 0.603. The Balaban J connectivity index is 1.88. The van der Waals surface area contributed by atoms with Crippen molar-refractivity contribution in [1.82, 2.24) is 20.2 Å². The molecule has 0 radical (unpaired) electrons. The average molecular weight is 307 g/mol. The maximum absolute atomic E-state index is 12.1. The Hall–Kier alpha value is -2.06. The van der Waals surface area contributed by atoms with E-state index in [-0.39, 0.29) is 17.9 Å². The summed E-state index contributed by atoms with van der Waals surface area (Å²) in [6, 6.07) is 0. The van der Waals surface area contributed by atoms with Crippen LogP contribution in [0.5, 0.6) is 0 Å². The first kappa shape index (κ1) is 16.3. The van der Waals surface area contributed by atoms with E-state index in [1.807, 2.05) is 0 Å². The Morgan fingerprint density at radius 3 is 2.59 bits per heavy atom. The highest BCUT2D eigenvalue weighted by Crippen LogP contribution is 2.20. The molecule has 2 heterocycles. The maximum atomic E-state index is 12.1. The van der Waals surface area contributed by atoms with E-state index in [2.05, 4.69) is 27.1 Å². The fourth-order valence-corrected chi connectivity index (χ4v) is 2.45. The normalized spacial score (nSPS) is 16.8. The molecule has 2 amide bonds. The van der Waals surface area contributed by atoms with Gasteiger partial charge in [-0.25, -0.2) is 9.97 Å². The van der Waals surface area contributed by atoms with E-state index in [0.717, 1.165) is 19.4 Å². The van der Waals surface area contributed by atoms with Crippen LogP contribution >= 0.6 is 0 Å². The van der Waals surface area contributed by atoms with Crippen molar-refractivity contribution in [2.45, 2.75) is 25.4 Å². The number of hydrogen-bond acceptors (Lipinski definition) is 6. The van der Waals surface area contributed by atoms with Crippen molar-refractivity contribution in [3.05, 3.63) is 23.8 Å². The molecular weight excluding hydrogens is 286 g/mol. The van der Waals surface area contributed by atoms with Crippen molar-refractivity contribution in [3.63, 3.8) is 0 Å². The molecule has 0 aliphatic carbocycles. The highest BCUT2D eigenvalue weighted by Gasteiger charge is 2.40. The summed E-state index contributed by atoms with van der Waals surface area (Å²) in [6.07, 6.45) is 4.80. The number of likely N-dealkylation sites (tertiary alicyclic amines) is 1. The van der Waals surface area contributed by atoms with Crippen LogP contribution in [-0.2, 0) is 0 Å². The highest BCUT2D eigenvalue weighted by atomic mass is 16.3. The zero-order valence-corrected chi connectivity index (χ0v) is 12.6. The van der Waals surface area contributed by atoms with E-state index in [4.69, 9.17) is 5.73 Å². The summed E-state index contributed by atoms with van der Waals surface area (Å²) < 4.78 is 0. The lowest BCUT2D eigenvalue weighted by molar-refractivity contribution is -0.0937. The van der Waals surface area contributed by atoms with Crippen LogP contribution in [0.25, 0.3) is 0 Å². The van der Waals surface area contributed by atoms with Gasteiger partial charge in [0, 0.05) is 32.0 Å². The smallest absolute Gasteiger partial charge is 0.272 e. The van der Waals surface area contributed by atoms with Gasteiger partial charge in [0.05, 0.1) is 0 Å². The molecule has 0 bridgehead atoms. The van der Waals surface area contributed by atoms with Crippen LogP contribution in [0.3, 0.4) is 0 Å². The average Bonchev–Trinajstić information content (AvgIpc) is 2.48. The number of rotatable bonds is 7. The van der Waals surface area contributed by atoms with Crippen LogP contribution in [0.4, 0.5) is 0 Å². The number of aliphatic hydroxyl groups is 1. The number of hydrogen-bond donors (Lipinski definition) is 3. The van der Waals surface area contributed by atoms with Crippen LogP contribution in [0, 0.1) is 0 Å². The zero-order chi connectivity index (χ0) is 16.2. The lowest BCUT2D eigenvalue weighted by Crippen LogP contribution is -2.66. The summed E-state index contributed by atoms with van der Waals surface area (Å²) in [5.41, 5.74) is 3.93. The first-order valence-electron chi connectivity index (χ1n) is 7.29. The summed E-state index contributed by atoms with van der Waals surface area (Å²) in [4.78, 5) is 33.0. The lowest BCUT2D eigenvalue weighted by atomic mass is 9.93. The highest BCUT2D eigenvalue weighted by molar-refractivity contribution is 6.03. The van der Waals surface area contributed by atoms with Crippen LogP contribution in [0.2, 0.25) is 0 Å². The first-order chi connectivity index (χ1) is 10.4. The number of nitrogens with zero attached hydrogens (tertiary/aromatic N) is 3. The minimum atomic E-state index is -0.932. The number of amides is 2. The Morgan fingerprint density at radius 1 is 1.36 bits per heavy atom. The van der Waals surface area contributed by atoms with E-state index in [0.29, 0.717) is 13.1 Å². The van der Waals surface area contributed by atoms with Crippen molar-refractivity contribution in [2.75, 3.05) is 26.2 Å². The summed E-state index contributed by atoms with van der Waals surface area (Å²) in [5, 5.41) is 12.9. The monoisotopic (exact) mass is 307 g/mol. The fourth-order valence-electron chi connectivity index (χ4n) is 2.45. The predicted molar refractivity (Wildman–Crippen MR) is 79.2 cm³/mol. The molecule has 1 aliphatic rings. The molecule has 0 spiro atoms. The molecule has 1 fully saturated rings. The molecular formula is C14H21N5O3. The number of aromatic nitrogens is 2. The van der Waals surface area contributed by atoms with E-state index >= 15 is 0 Å². The summed E-state index contributed by atoms with van der Waals surface area (Å²) in [7, 11) is 0. The van der Waals surface area contributed by atoms with Gasteiger partial charge in [-0.05, 0) is 13.0 Å². The van der Waals surface area contributed by atoms with E-state index in [1.54, 1.807) is 0 Å². The second-order valence-electron chi connectivity index (χ2n) is 5.59. The molecule has 1 aromatic rings. The molecule has 1 saturated heterocycles. The van der Waals surface area contributed by atoms with Crippen molar-refractivity contribution in [1.29, 1.82) is 0 Å². The molecule has 8 heteroatoms. The van der Waals surface area contributed by atoms with Gasteiger partial charge in [-0.1, -0.05) is 13.3 Å². The van der Waals surface area contributed by atoms with Crippen molar-refractivity contribution in [3.8, 4) is 0 Å². The number of primary amides is 1. The number of nitrogens with one attached hydrogen (secondary N) is 1. The summed E-state index contributed by atoms with van der Waals surface area (Å²) in [5.74, 6) is -1.38. The predicted octanol–water partition coefficient (Wildman–Crippen LogP) is -0.848. The number of unbranched alkanes of at least 4 members (excludes halogenated alkanes) is 1. The molecule has 0 atom stereocenters. The van der Waals surface area contributed by atoms with Crippen molar-refractivity contribution < 1.29 is 14.7 Å². The number of carbonyl (C=O) groups is 2. The molecule has 2 rings (SSSR count). The van der Waals surface area contributed by atoms with E-state index in [1.165, 1.54) is 12.4 Å². The molecule has 0 saturated carbocycles. The SMILES string of the molecule is CCCCN1CC(O)(CNC(=O)c2nccnc2C(N)=O)C1. The van der Waals surface area contributed by atoms with Gasteiger partial charge in [-0.3, -0.25) is 14.5 Å². The lowest BCUT2D eigenvalue weighted by Gasteiger charge is -2.46. The van der Waals surface area contributed by atoms with Crippen LogP contribution in [0.1, 0.15) is 40.7 Å². The molecule has 22 heavy (non-hydrogen) atoms. The Bertz CT molecular complexity index is 557. The minimum absolute atomic E-state index is 0.100. The maximum Gasteiger partial charge on any atom is 0.272 e. The molecule has 0 aromatic carbocycles. The van der Waals surface area contributed by atoms with Crippen LogP contribution in [0.15, 0.2) is 12.4 Å². The van der Waals surface area contributed by atoms with Gasteiger partial charge in [-0.15, -0.1) is 0 Å². The molecule has 1 aromatic heterocycles. The third-order valence-corrected chi connectivity index (χ3v) is 3.59. The first-order valence-corrected chi connectivity index (χ1v) is 7.29. The number of β-amino-alcohol motifs (C(OH)–C–C–N with tert-alkyl or cyclic N) is 1. The van der Waals surface area contributed by atoms with Gasteiger partial charge in [0.25, 0.3) is 11.8 Å². The molecule has 120 valence electrons. The molecule has 4 N–H and O–H groups in total. The Morgan fingerprint density at radius 2 is 2.00 bits per heavy atom. The topological polar surface area (TPSA) is 121 Å². The summed E-state index contributed by atoms with van der Waals surface area (Å²) in [6.45, 7) is 4.21. The van der Waals surface area contributed by atoms with E-state index in [9.17, 15) is 14.7 Å². The van der Waals surface area contributed by atoms with Gasteiger partial charge >= 0.3 is 0 Å². The molecule has 1 aliphatic heterocycles. The van der Waals surface area contributed by atoms with Gasteiger partial charge in [0.2, 0.25) is 0 Å². The molecule has 0 unspecified atom stereocenters. The minimum Gasteiger partial charge on any atom is -0.385 e. The second kappa shape index (κ2) is 6.80. The standard InChI is InChI=1S/C14H21N5O3/c1-2-3-6-19-8-14(22,9-19)7-18-13(21)11-10(12(15)20)16-4-5-17-11/h4-5,22H,2-3,6-9H2,1H3,(H2,15,20)(H,18,21). The number of nitrogens with two attached hydrogens (primary N) is 1.